The molecule has 47 heavy (non-hydrogen) atoms. The molecule has 0 aliphatic carbocycles. The topological polar surface area (TPSA) is 81.5 Å². The number of hydrogen-bond donors (Lipinski definition) is 1. The first kappa shape index (κ1) is 34.1. The van der Waals surface area contributed by atoms with E-state index in [1.165, 1.54) is 34.8 Å². The summed E-state index contributed by atoms with van der Waals surface area (Å²) in [5, 5.41) is 10.9. The molecular formula is C37H36F2N2O4S2. The zero-order valence-electron chi connectivity index (χ0n) is 26.5. The van der Waals surface area contributed by atoms with E-state index in [1.54, 1.807) is 25.1 Å². The van der Waals surface area contributed by atoms with Crippen LogP contribution in [0.1, 0.15) is 57.6 Å². The van der Waals surface area contributed by atoms with Gasteiger partial charge in [0, 0.05) is 12.8 Å². The van der Waals surface area contributed by atoms with E-state index in [4.69, 9.17) is 9.47 Å². The Balaban J connectivity index is 0.000000185. The fourth-order valence-corrected chi connectivity index (χ4v) is 6.25. The van der Waals surface area contributed by atoms with Gasteiger partial charge in [0.1, 0.15) is 5.78 Å². The molecule has 0 aliphatic heterocycles. The number of thiazole rings is 2. The van der Waals surface area contributed by atoms with Gasteiger partial charge in [0.05, 0.1) is 26.0 Å². The first-order chi connectivity index (χ1) is 22.6. The summed E-state index contributed by atoms with van der Waals surface area (Å²) in [6.07, 6.45) is 3.40. The second kappa shape index (κ2) is 15.6. The highest BCUT2D eigenvalue weighted by molar-refractivity contribution is 7.20. The van der Waals surface area contributed by atoms with Crippen molar-refractivity contribution in [3.05, 3.63) is 108 Å². The zero-order valence-corrected chi connectivity index (χ0v) is 28.1. The van der Waals surface area contributed by atoms with E-state index in [-0.39, 0.29) is 17.3 Å². The Morgan fingerprint density at radius 3 is 1.70 bits per heavy atom. The summed E-state index contributed by atoms with van der Waals surface area (Å²) < 4.78 is 41.6. The van der Waals surface area contributed by atoms with Gasteiger partial charge in [-0.2, -0.15) is 0 Å². The third-order valence-corrected chi connectivity index (χ3v) is 9.57. The minimum absolute atomic E-state index is 0.148. The molecule has 0 amide bonds. The molecule has 1 N–H and O–H groups in total. The minimum atomic E-state index is -0.716. The molecule has 1 atom stereocenters. The number of ether oxygens (including phenoxy) is 2. The number of aliphatic hydroxyl groups is 1. The Morgan fingerprint density at radius 1 is 0.766 bits per heavy atom. The Labute approximate surface area is 280 Å². The van der Waals surface area contributed by atoms with Gasteiger partial charge in [0.25, 0.3) is 10.4 Å². The molecule has 244 valence electrons. The van der Waals surface area contributed by atoms with Gasteiger partial charge in [0.2, 0.25) is 0 Å². The van der Waals surface area contributed by atoms with Gasteiger partial charge in [-0.15, -0.1) is 0 Å². The fraction of sp³-hybridized carbons (Fsp3) is 0.270. The smallest absolute Gasteiger partial charge is 0.279 e. The van der Waals surface area contributed by atoms with Crippen molar-refractivity contribution in [2.24, 2.45) is 0 Å². The van der Waals surface area contributed by atoms with E-state index in [2.05, 4.69) is 9.97 Å². The largest absolute Gasteiger partial charge is 0.428 e. The SMILES string of the molecule is CCC(=O)CCc1ccc(Oc2nc3ccccc3s2)c(F)c1.CCC(C)(O)CCc1ccc(Oc2nc3ccccc3s2)c(F)c1. The van der Waals surface area contributed by atoms with Crippen molar-refractivity contribution in [2.45, 2.75) is 64.9 Å². The molecule has 0 aliphatic rings. The summed E-state index contributed by atoms with van der Waals surface area (Å²) >= 11 is 2.77. The maximum absolute atomic E-state index is 14.3. The molecule has 2 heterocycles. The predicted molar refractivity (Wildman–Crippen MR) is 185 cm³/mol. The monoisotopic (exact) mass is 674 g/mol. The minimum Gasteiger partial charge on any atom is -0.428 e. The second-order valence-electron chi connectivity index (χ2n) is 11.4. The maximum Gasteiger partial charge on any atom is 0.279 e. The molecule has 0 saturated carbocycles. The lowest BCUT2D eigenvalue weighted by molar-refractivity contribution is -0.118. The van der Waals surface area contributed by atoms with Crippen LogP contribution in [-0.4, -0.2) is 26.5 Å². The van der Waals surface area contributed by atoms with Crippen LogP contribution in [0.2, 0.25) is 0 Å². The van der Waals surface area contributed by atoms with E-state index in [1.807, 2.05) is 68.4 Å². The lowest BCUT2D eigenvalue weighted by atomic mass is 9.94. The highest BCUT2D eigenvalue weighted by atomic mass is 32.1. The average Bonchev–Trinajstić information content (AvgIpc) is 3.68. The molecule has 2 aromatic heterocycles. The number of para-hydroxylation sites is 2. The van der Waals surface area contributed by atoms with Crippen molar-refractivity contribution in [3.63, 3.8) is 0 Å². The number of Topliss-reactive ketones (excluding diaryl/α,β-unsaturated/α-hetero) is 1. The summed E-state index contributed by atoms with van der Waals surface area (Å²) in [5.41, 5.74) is 2.60. The van der Waals surface area contributed by atoms with Gasteiger partial charge in [0.15, 0.2) is 23.1 Å². The molecule has 4 aromatic carbocycles. The third kappa shape index (κ3) is 9.41. The van der Waals surface area contributed by atoms with E-state index < -0.39 is 17.2 Å². The standard InChI is InChI=1S/C19H20FNO2S.C18H16FNO2S/c1-3-19(2,22)11-10-13-8-9-16(14(20)12-13)23-18-21-15-6-4-5-7-17(15)24-18;1-2-13(21)9-7-12-8-10-16(14(19)11-12)22-18-20-15-5-3-4-6-17(15)23-18/h4-9,12,22H,3,10-11H2,1-2H3;3-6,8,10-11H,2,7,9H2,1H3. The number of hydrogen-bond acceptors (Lipinski definition) is 8. The average molecular weight is 675 g/mol. The van der Waals surface area contributed by atoms with E-state index in [0.29, 0.717) is 48.9 Å². The van der Waals surface area contributed by atoms with Crippen LogP contribution in [0.15, 0.2) is 84.9 Å². The Morgan fingerprint density at radius 2 is 1.26 bits per heavy atom. The van der Waals surface area contributed by atoms with Gasteiger partial charge in [-0.05, 0) is 92.3 Å². The van der Waals surface area contributed by atoms with Crippen LogP contribution in [-0.2, 0) is 17.6 Å². The highest BCUT2D eigenvalue weighted by Gasteiger charge is 2.18. The number of carbonyl (C=O) groups excluding carboxylic acids is 1. The summed E-state index contributed by atoms with van der Waals surface area (Å²) in [6.45, 7) is 5.57. The van der Waals surface area contributed by atoms with Crippen LogP contribution < -0.4 is 9.47 Å². The van der Waals surface area contributed by atoms with E-state index >= 15 is 0 Å². The number of fused-ring (bicyclic) bond motifs is 2. The summed E-state index contributed by atoms with van der Waals surface area (Å²) in [4.78, 5) is 20.0. The van der Waals surface area contributed by atoms with Gasteiger partial charge < -0.3 is 14.6 Å². The quantitative estimate of drug-likeness (QED) is 0.139. The van der Waals surface area contributed by atoms with Crippen molar-refractivity contribution < 1.29 is 28.2 Å². The molecular weight excluding hydrogens is 639 g/mol. The highest BCUT2D eigenvalue weighted by Crippen LogP contribution is 2.34. The van der Waals surface area contributed by atoms with Gasteiger partial charge in [-0.25, -0.2) is 18.7 Å². The molecule has 10 heteroatoms. The zero-order chi connectivity index (χ0) is 33.4. The predicted octanol–water partition coefficient (Wildman–Crippen LogP) is 10.5. The van der Waals surface area contributed by atoms with E-state index in [9.17, 15) is 18.7 Å². The molecule has 0 fully saturated rings. The van der Waals surface area contributed by atoms with Crippen LogP contribution in [0.5, 0.6) is 21.9 Å². The van der Waals surface area contributed by atoms with Crippen LogP contribution in [0.4, 0.5) is 8.78 Å². The summed E-state index contributed by atoms with van der Waals surface area (Å²) in [6, 6.07) is 25.1. The van der Waals surface area contributed by atoms with Crippen molar-refractivity contribution in [2.75, 3.05) is 0 Å². The molecule has 0 radical (unpaired) electrons. The van der Waals surface area contributed by atoms with Crippen molar-refractivity contribution in [1.29, 1.82) is 0 Å². The Hall–Kier alpha value is -4.25. The van der Waals surface area contributed by atoms with Gasteiger partial charge in [-0.3, -0.25) is 4.79 Å². The Kier molecular flexibility index (Phi) is 11.3. The van der Waals surface area contributed by atoms with Crippen molar-refractivity contribution >= 4 is 48.9 Å². The number of ketones is 1. The lowest BCUT2D eigenvalue weighted by Crippen LogP contribution is -2.23. The summed E-state index contributed by atoms with van der Waals surface area (Å²) in [5.74, 6) is -0.358. The maximum atomic E-state index is 14.3. The number of benzene rings is 4. The van der Waals surface area contributed by atoms with Crippen LogP contribution in [0.3, 0.4) is 0 Å². The number of carbonyl (C=O) groups is 1. The molecule has 1 unspecified atom stereocenters. The Bertz CT molecular complexity index is 1910. The second-order valence-corrected chi connectivity index (χ2v) is 13.4. The summed E-state index contributed by atoms with van der Waals surface area (Å²) in [7, 11) is 0. The number of aromatic nitrogens is 2. The number of halogens is 2. The fourth-order valence-electron chi connectivity index (χ4n) is 4.59. The number of aryl methyl sites for hydroxylation is 2. The first-order valence-electron chi connectivity index (χ1n) is 15.5. The molecule has 6 rings (SSSR count). The van der Waals surface area contributed by atoms with Crippen LogP contribution >= 0.6 is 22.7 Å². The molecule has 0 bridgehead atoms. The first-order valence-corrected chi connectivity index (χ1v) is 17.1. The molecule has 6 nitrogen and oxygen atoms in total. The molecule has 0 spiro atoms. The lowest BCUT2D eigenvalue weighted by Gasteiger charge is -2.21. The van der Waals surface area contributed by atoms with Gasteiger partial charge in [-0.1, -0.05) is 72.9 Å². The molecule has 6 aromatic rings. The number of nitrogens with zero attached hydrogens (tertiary/aromatic N) is 2. The van der Waals surface area contributed by atoms with Crippen molar-refractivity contribution in [1.82, 2.24) is 9.97 Å². The van der Waals surface area contributed by atoms with Gasteiger partial charge >= 0.3 is 0 Å². The molecule has 0 saturated heterocycles. The van der Waals surface area contributed by atoms with E-state index in [0.717, 1.165) is 31.6 Å². The number of rotatable bonds is 12. The van der Waals surface area contributed by atoms with Crippen LogP contribution in [0.25, 0.3) is 20.4 Å². The van der Waals surface area contributed by atoms with Crippen LogP contribution in [0, 0.1) is 11.6 Å². The van der Waals surface area contributed by atoms with Crippen molar-refractivity contribution in [3.8, 4) is 21.9 Å². The normalized spacial score (nSPS) is 12.4. The third-order valence-electron chi connectivity index (χ3n) is 7.74.